The van der Waals surface area contributed by atoms with Crippen molar-refractivity contribution < 1.29 is 9.53 Å². The predicted octanol–water partition coefficient (Wildman–Crippen LogP) is 3.17. The van der Waals surface area contributed by atoms with Gasteiger partial charge in [0.25, 0.3) is 0 Å². The minimum absolute atomic E-state index is 0.0698. The molecule has 164 valence electrons. The molecular formula is C22H27ClN6O2. The van der Waals surface area contributed by atoms with Gasteiger partial charge in [0.1, 0.15) is 12.1 Å². The molecule has 0 spiro atoms. The number of aromatic nitrogens is 4. The van der Waals surface area contributed by atoms with E-state index < -0.39 is 5.41 Å². The maximum atomic E-state index is 13.2. The topological polar surface area (TPSA) is 94.0 Å². The van der Waals surface area contributed by atoms with Gasteiger partial charge in [-0.3, -0.25) is 4.79 Å². The average Bonchev–Trinajstić information content (AvgIpc) is 3.43. The maximum absolute atomic E-state index is 13.2. The van der Waals surface area contributed by atoms with Crippen LogP contribution in [0.3, 0.4) is 0 Å². The first-order valence-electron chi connectivity index (χ1n) is 10.6. The molecule has 1 aromatic carbocycles. The summed E-state index contributed by atoms with van der Waals surface area (Å²) in [7, 11) is 1.66. The first kappa shape index (κ1) is 21.5. The average molecular weight is 443 g/mol. The van der Waals surface area contributed by atoms with Gasteiger partial charge in [-0.05, 0) is 30.5 Å². The summed E-state index contributed by atoms with van der Waals surface area (Å²) in [4.78, 5) is 21.9. The smallest absolute Gasteiger partial charge is 0.230 e. The van der Waals surface area contributed by atoms with Crippen molar-refractivity contribution in [3.8, 4) is 0 Å². The zero-order valence-electron chi connectivity index (χ0n) is 17.6. The minimum Gasteiger partial charge on any atom is -0.383 e. The monoisotopic (exact) mass is 442 g/mol. The van der Waals surface area contributed by atoms with Crippen LogP contribution in [0.5, 0.6) is 0 Å². The van der Waals surface area contributed by atoms with E-state index in [1.54, 1.807) is 18.0 Å². The van der Waals surface area contributed by atoms with E-state index in [1.165, 1.54) is 6.33 Å². The molecule has 0 saturated heterocycles. The van der Waals surface area contributed by atoms with Gasteiger partial charge in [-0.1, -0.05) is 36.6 Å². The number of nitrogens with zero attached hydrogens (tertiary/aromatic N) is 4. The Labute approximate surface area is 186 Å². The SMILES string of the molecule is COCCNc1ncnc2c1cnn2CCNC(=O)C1(c2ccc(Cl)cc2)CCCC1. The van der Waals surface area contributed by atoms with Gasteiger partial charge in [0.2, 0.25) is 5.91 Å². The summed E-state index contributed by atoms with van der Waals surface area (Å²) in [5, 5.41) is 12.3. The van der Waals surface area contributed by atoms with Crippen LogP contribution in [-0.2, 0) is 21.5 Å². The van der Waals surface area contributed by atoms with Crippen molar-refractivity contribution in [3.63, 3.8) is 0 Å². The molecule has 0 atom stereocenters. The van der Waals surface area contributed by atoms with Gasteiger partial charge in [0, 0.05) is 25.2 Å². The van der Waals surface area contributed by atoms with Crippen molar-refractivity contribution in [2.45, 2.75) is 37.6 Å². The van der Waals surface area contributed by atoms with Gasteiger partial charge in [0.15, 0.2) is 5.65 Å². The van der Waals surface area contributed by atoms with E-state index in [0.717, 1.165) is 48.1 Å². The zero-order valence-corrected chi connectivity index (χ0v) is 18.4. The lowest BCUT2D eigenvalue weighted by atomic mass is 9.78. The molecule has 0 radical (unpaired) electrons. The van der Waals surface area contributed by atoms with Gasteiger partial charge >= 0.3 is 0 Å². The van der Waals surface area contributed by atoms with Crippen LogP contribution in [0.1, 0.15) is 31.2 Å². The summed E-state index contributed by atoms with van der Waals surface area (Å²) in [5.41, 5.74) is 1.30. The molecule has 2 aromatic heterocycles. The number of hydrogen-bond donors (Lipinski definition) is 2. The molecule has 1 fully saturated rings. The maximum Gasteiger partial charge on any atom is 0.230 e. The first-order chi connectivity index (χ1) is 15.1. The highest BCUT2D eigenvalue weighted by Crippen LogP contribution is 2.41. The van der Waals surface area contributed by atoms with Crippen LogP contribution in [0.4, 0.5) is 5.82 Å². The molecule has 2 N–H and O–H groups in total. The quantitative estimate of drug-likeness (QED) is 0.494. The van der Waals surface area contributed by atoms with Crippen molar-refractivity contribution in [1.82, 2.24) is 25.1 Å². The predicted molar refractivity (Wildman–Crippen MR) is 120 cm³/mol. The molecular weight excluding hydrogens is 416 g/mol. The number of carbonyl (C=O) groups excluding carboxylic acids is 1. The number of ether oxygens (including phenoxy) is 1. The van der Waals surface area contributed by atoms with Crippen LogP contribution in [0.25, 0.3) is 11.0 Å². The fourth-order valence-corrected chi connectivity index (χ4v) is 4.43. The Morgan fingerprint density at radius 2 is 1.97 bits per heavy atom. The van der Waals surface area contributed by atoms with Crippen molar-refractivity contribution in [1.29, 1.82) is 0 Å². The van der Waals surface area contributed by atoms with Gasteiger partial charge in [-0.2, -0.15) is 5.10 Å². The minimum atomic E-state index is -0.475. The molecule has 1 aliphatic carbocycles. The molecule has 0 aliphatic heterocycles. The van der Waals surface area contributed by atoms with E-state index in [9.17, 15) is 4.79 Å². The fourth-order valence-electron chi connectivity index (χ4n) is 4.31. The van der Waals surface area contributed by atoms with Crippen molar-refractivity contribution in [3.05, 3.63) is 47.4 Å². The number of carbonyl (C=O) groups is 1. The number of halogens is 1. The van der Waals surface area contributed by atoms with Gasteiger partial charge in [-0.15, -0.1) is 0 Å². The summed E-state index contributed by atoms with van der Waals surface area (Å²) in [6.07, 6.45) is 7.08. The molecule has 1 saturated carbocycles. The molecule has 0 unspecified atom stereocenters. The lowest BCUT2D eigenvalue weighted by molar-refractivity contribution is -0.126. The van der Waals surface area contributed by atoms with Crippen LogP contribution >= 0.6 is 11.6 Å². The molecule has 1 amide bonds. The summed E-state index contributed by atoms with van der Waals surface area (Å²) < 4.78 is 6.86. The van der Waals surface area contributed by atoms with E-state index in [2.05, 4.69) is 25.7 Å². The molecule has 2 heterocycles. The normalized spacial score (nSPS) is 15.3. The highest BCUT2D eigenvalue weighted by atomic mass is 35.5. The first-order valence-corrected chi connectivity index (χ1v) is 11.0. The molecule has 3 aromatic rings. The lowest BCUT2D eigenvalue weighted by Gasteiger charge is -2.28. The van der Waals surface area contributed by atoms with Gasteiger partial charge in [-0.25, -0.2) is 14.6 Å². The highest BCUT2D eigenvalue weighted by molar-refractivity contribution is 6.30. The van der Waals surface area contributed by atoms with E-state index in [1.807, 2.05) is 24.3 Å². The summed E-state index contributed by atoms with van der Waals surface area (Å²) in [6.45, 7) is 2.24. The summed E-state index contributed by atoms with van der Waals surface area (Å²) >= 11 is 6.05. The molecule has 8 nitrogen and oxygen atoms in total. The second-order valence-corrected chi connectivity index (χ2v) is 8.24. The fraction of sp³-hybridized carbons (Fsp3) is 0.455. The number of benzene rings is 1. The van der Waals surface area contributed by atoms with E-state index >= 15 is 0 Å². The third-order valence-corrected chi connectivity index (χ3v) is 6.18. The lowest BCUT2D eigenvalue weighted by Crippen LogP contribution is -2.43. The third kappa shape index (κ3) is 4.50. The van der Waals surface area contributed by atoms with Crippen molar-refractivity contribution in [2.75, 3.05) is 32.1 Å². The molecule has 9 heteroatoms. The number of fused-ring (bicyclic) bond motifs is 1. The van der Waals surface area contributed by atoms with Crippen LogP contribution in [0, 0.1) is 0 Å². The van der Waals surface area contributed by atoms with Gasteiger partial charge < -0.3 is 15.4 Å². The van der Waals surface area contributed by atoms with Crippen LogP contribution in [0.15, 0.2) is 36.8 Å². The number of hydrogen-bond acceptors (Lipinski definition) is 6. The Morgan fingerprint density at radius 3 is 2.71 bits per heavy atom. The Hall–Kier alpha value is -2.71. The van der Waals surface area contributed by atoms with Crippen LogP contribution in [0.2, 0.25) is 5.02 Å². The Bertz CT molecular complexity index is 1030. The van der Waals surface area contributed by atoms with E-state index in [-0.39, 0.29) is 5.91 Å². The number of rotatable bonds is 9. The van der Waals surface area contributed by atoms with E-state index in [4.69, 9.17) is 16.3 Å². The third-order valence-electron chi connectivity index (χ3n) is 5.93. The van der Waals surface area contributed by atoms with Crippen LogP contribution < -0.4 is 10.6 Å². The number of nitrogens with one attached hydrogen (secondary N) is 2. The number of methoxy groups -OCH3 is 1. The standard InChI is InChI=1S/C22H27ClN6O2/c1-31-13-11-24-19-18-14-28-29(20(18)27-15-26-19)12-10-25-21(30)22(8-2-3-9-22)16-4-6-17(23)7-5-16/h4-7,14-15H,2-3,8-13H2,1H3,(H,25,30)(H,24,26,27). The highest BCUT2D eigenvalue weighted by Gasteiger charge is 2.42. The van der Waals surface area contributed by atoms with Crippen molar-refractivity contribution in [2.24, 2.45) is 0 Å². The summed E-state index contributed by atoms with van der Waals surface area (Å²) in [5.74, 6) is 0.797. The molecule has 0 bridgehead atoms. The second kappa shape index (κ2) is 9.62. The molecule has 1 aliphatic rings. The molecule has 4 rings (SSSR count). The van der Waals surface area contributed by atoms with Crippen molar-refractivity contribution >= 4 is 34.4 Å². The largest absolute Gasteiger partial charge is 0.383 e. The Kier molecular flexibility index (Phi) is 6.67. The van der Waals surface area contributed by atoms with Crippen LogP contribution in [-0.4, -0.2) is 52.5 Å². The van der Waals surface area contributed by atoms with Gasteiger partial charge in [0.05, 0.1) is 30.1 Å². The number of anilines is 1. The zero-order chi connectivity index (χ0) is 21.7. The summed E-state index contributed by atoms with van der Waals surface area (Å²) in [6, 6.07) is 7.67. The Balaban J connectivity index is 1.42. The Morgan fingerprint density at radius 1 is 1.19 bits per heavy atom. The molecule has 31 heavy (non-hydrogen) atoms. The van der Waals surface area contributed by atoms with E-state index in [0.29, 0.717) is 31.3 Å². The number of amides is 1. The second-order valence-electron chi connectivity index (χ2n) is 7.80.